The number of anilines is 9. The second-order valence-electron chi connectivity index (χ2n) is 12.4. The van der Waals surface area contributed by atoms with Crippen molar-refractivity contribution in [2.75, 3.05) is 14.7 Å². The van der Waals surface area contributed by atoms with Crippen molar-refractivity contribution in [1.82, 2.24) is 0 Å². The van der Waals surface area contributed by atoms with E-state index in [2.05, 4.69) is 207 Å². The lowest BCUT2D eigenvalue weighted by molar-refractivity contribution is 0.483. The van der Waals surface area contributed by atoms with Gasteiger partial charge in [-0.05, 0) is 103 Å². The van der Waals surface area contributed by atoms with E-state index in [-0.39, 0.29) is 0 Å². The lowest BCUT2D eigenvalue weighted by atomic mass is 10.1. The summed E-state index contributed by atoms with van der Waals surface area (Å²) < 4.78 is 7.63. The van der Waals surface area contributed by atoms with Gasteiger partial charge in [-0.25, -0.2) is 0 Å². The molecule has 0 atom stereocenters. The molecular weight excluding hydrogens is 714 g/mol. The molecule has 0 bridgehead atoms. The number of halogens is 1. The van der Waals surface area contributed by atoms with Gasteiger partial charge in [0.25, 0.3) is 0 Å². The number of para-hydroxylation sites is 5. The third-order valence-corrected chi connectivity index (χ3v) is 9.33. The fourth-order valence-corrected chi connectivity index (χ4v) is 6.93. The molecule has 8 rings (SSSR count). The van der Waals surface area contributed by atoms with Crippen molar-refractivity contribution in [3.63, 3.8) is 0 Å². The predicted octanol–water partition coefficient (Wildman–Crippen LogP) is 14.7. The van der Waals surface area contributed by atoms with Crippen molar-refractivity contribution in [1.29, 1.82) is 0 Å². The number of nitrogens with zero attached hydrogens (tertiary/aromatic N) is 3. The normalized spacial score (nSPS) is 10.7. The van der Waals surface area contributed by atoms with Crippen molar-refractivity contribution in [3.05, 3.63) is 223 Å². The minimum Gasteiger partial charge on any atom is -0.457 e. The van der Waals surface area contributed by atoms with E-state index in [0.717, 1.165) is 61.4 Å². The predicted molar refractivity (Wildman–Crippen MR) is 225 cm³/mol. The first-order valence-corrected chi connectivity index (χ1v) is 18.3. The van der Waals surface area contributed by atoms with Gasteiger partial charge in [-0.15, -0.1) is 0 Å². The molecule has 0 aromatic heterocycles. The molecule has 0 fully saturated rings. The highest BCUT2D eigenvalue weighted by atomic mass is 79.9. The number of benzene rings is 8. The van der Waals surface area contributed by atoms with Crippen LogP contribution in [0, 0.1) is 0 Å². The summed E-state index contributed by atoms with van der Waals surface area (Å²) in [4.78, 5) is 6.85. The van der Waals surface area contributed by atoms with E-state index in [0.29, 0.717) is 5.75 Å². The molecule has 53 heavy (non-hydrogen) atoms. The molecule has 0 aliphatic rings. The molecule has 8 aromatic rings. The van der Waals surface area contributed by atoms with E-state index in [4.69, 9.17) is 4.74 Å². The number of rotatable bonds is 11. The zero-order valence-electron chi connectivity index (χ0n) is 28.9. The third-order valence-electron chi connectivity index (χ3n) is 8.84. The van der Waals surface area contributed by atoms with Crippen molar-refractivity contribution in [3.8, 4) is 11.5 Å². The maximum absolute atomic E-state index is 6.63. The Labute approximate surface area is 319 Å². The van der Waals surface area contributed by atoms with Gasteiger partial charge >= 0.3 is 0 Å². The van der Waals surface area contributed by atoms with E-state index < -0.39 is 0 Å². The van der Waals surface area contributed by atoms with Gasteiger partial charge in [0.15, 0.2) is 0 Å². The van der Waals surface area contributed by atoms with E-state index in [9.17, 15) is 0 Å². The second kappa shape index (κ2) is 15.8. The van der Waals surface area contributed by atoms with Crippen LogP contribution in [0.25, 0.3) is 0 Å². The standard InChI is InChI=1S/C48H36BrN3O/c49-37-18-16-27-42(32-37)51(40-23-10-3-11-24-40)45-34-46(36-48(35-45)53-47-30-14-5-15-31-47)52(41-25-12-4-13-26-41)44-29-17-28-43(33-44)50(38-19-6-1-7-20-38)39-21-8-2-9-22-39/h1-36H. The lowest BCUT2D eigenvalue weighted by Gasteiger charge is -2.31. The van der Waals surface area contributed by atoms with Crippen LogP contribution in [0.3, 0.4) is 0 Å². The average Bonchev–Trinajstić information content (AvgIpc) is 3.21. The maximum Gasteiger partial charge on any atom is 0.131 e. The van der Waals surface area contributed by atoms with Gasteiger partial charge in [0.1, 0.15) is 11.5 Å². The summed E-state index contributed by atoms with van der Waals surface area (Å²) >= 11 is 3.72. The SMILES string of the molecule is Brc1cccc(N(c2ccccc2)c2cc(Oc3ccccc3)cc(N(c3ccccc3)c3cccc(N(c4ccccc4)c4ccccc4)c3)c2)c1. The van der Waals surface area contributed by atoms with Crippen LogP contribution in [0.5, 0.6) is 11.5 Å². The Morgan fingerprint density at radius 2 is 0.585 bits per heavy atom. The largest absolute Gasteiger partial charge is 0.457 e. The zero-order chi connectivity index (χ0) is 35.8. The van der Waals surface area contributed by atoms with E-state index in [1.165, 1.54) is 0 Å². The summed E-state index contributed by atoms with van der Waals surface area (Å²) in [5.41, 5.74) is 9.16. The molecule has 4 nitrogen and oxygen atoms in total. The Morgan fingerprint density at radius 3 is 1.00 bits per heavy atom. The summed E-state index contributed by atoms with van der Waals surface area (Å²) in [5, 5.41) is 0. The molecule has 0 N–H and O–H groups in total. The van der Waals surface area contributed by atoms with E-state index in [1.54, 1.807) is 0 Å². The highest BCUT2D eigenvalue weighted by Crippen LogP contribution is 2.45. The zero-order valence-corrected chi connectivity index (χ0v) is 30.5. The molecule has 0 saturated carbocycles. The molecule has 0 heterocycles. The molecule has 0 amide bonds. The van der Waals surface area contributed by atoms with Crippen molar-refractivity contribution >= 4 is 67.1 Å². The molecule has 0 radical (unpaired) electrons. The van der Waals surface area contributed by atoms with Crippen LogP contribution < -0.4 is 19.4 Å². The van der Waals surface area contributed by atoms with Gasteiger partial charge < -0.3 is 19.4 Å². The summed E-state index contributed by atoms with van der Waals surface area (Å²) in [6.07, 6.45) is 0. The smallest absolute Gasteiger partial charge is 0.131 e. The maximum atomic E-state index is 6.63. The third kappa shape index (κ3) is 7.71. The molecule has 0 unspecified atom stereocenters. The number of hydrogen-bond donors (Lipinski definition) is 0. The van der Waals surface area contributed by atoms with Crippen LogP contribution in [-0.4, -0.2) is 0 Å². The lowest BCUT2D eigenvalue weighted by Crippen LogP contribution is -2.14. The highest BCUT2D eigenvalue weighted by Gasteiger charge is 2.21. The van der Waals surface area contributed by atoms with Gasteiger partial charge in [-0.1, -0.05) is 119 Å². The van der Waals surface area contributed by atoms with Gasteiger partial charge in [0.2, 0.25) is 0 Å². The molecular formula is C48H36BrN3O. The first-order valence-electron chi connectivity index (χ1n) is 17.5. The summed E-state index contributed by atoms with van der Waals surface area (Å²) in [5.74, 6) is 1.48. The Morgan fingerprint density at radius 1 is 0.264 bits per heavy atom. The molecule has 8 aromatic carbocycles. The fourth-order valence-electron chi connectivity index (χ4n) is 6.55. The Balaban J connectivity index is 1.33. The molecule has 0 aliphatic carbocycles. The molecule has 0 spiro atoms. The Hall–Kier alpha value is -6.56. The molecule has 5 heteroatoms. The quantitative estimate of drug-likeness (QED) is 0.131. The van der Waals surface area contributed by atoms with Crippen LogP contribution in [-0.2, 0) is 0 Å². The molecule has 0 aliphatic heterocycles. The minimum atomic E-state index is 0.715. The minimum absolute atomic E-state index is 0.715. The molecule has 256 valence electrons. The van der Waals surface area contributed by atoms with Crippen LogP contribution in [0.4, 0.5) is 51.2 Å². The van der Waals surface area contributed by atoms with Gasteiger partial charge in [-0.3, -0.25) is 0 Å². The number of hydrogen-bond acceptors (Lipinski definition) is 4. The van der Waals surface area contributed by atoms with Crippen LogP contribution >= 0.6 is 15.9 Å². The average molecular weight is 751 g/mol. The summed E-state index contributed by atoms with van der Waals surface area (Å²) in [7, 11) is 0. The van der Waals surface area contributed by atoms with Crippen molar-refractivity contribution < 1.29 is 4.74 Å². The van der Waals surface area contributed by atoms with E-state index >= 15 is 0 Å². The molecule has 0 saturated heterocycles. The monoisotopic (exact) mass is 749 g/mol. The fraction of sp³-hybridized carbons (Fsp3) is 0. The Bertz CT molecular complexity index is 2350. The van der Waals surface area contributed by atoms with Crippen molar-refractivity contribution in [2.45, 2.75) is 0 Å². The van der Waals surface area contributed by atoms with Gasteiger partial charge in [-0.2, -0.15) is 0 Å². The van der Waals surface area contributed by atoms with Gasteiger partial charge in [0.05, 0.1) is 11.4 Å². The Kier molecular flexibility index (Phi) is 9.99. The number of ether oxygens (including phenoxy) is 1. The van der Waals surface area contributed by atoms with E-state index in [1.807, 2.05) is 42.5 Å². The summed E-state index contributed by atoms with van der Waals surface area (Å²) in [6.45, 7) is 0. The van der Waals surface area contributed by atoms with Crippen LogP contribution in [0.15, 0.2) is 223 Å². The topological polar surface area (TPSA) is 19.0 Å². The van der Waals surface area contributed by atoms with Crippen LogP contribution in [0.1, 0.15) is 0 Å². The van der Waals surface area contributed by atoms with Crippen molar-refractivity contribution in [2.24, 2.45) is 0 Å². The first-order chi connectivity index (χ1) is 26.2. The summed E-state index contributed by atoms with van der Waals surface area (Å²) in [6, 6.07) is 75.4. The van der Waals surface area contributed by atoms with Gasteiger partial charge in [0, 0.05) is 56.4 Å². The first kappa shape index (κ1) is 33.6. The second-order valence-corrected chi connectivity index (χ2v) is 13.4. The van der Waals surface area contributed by atoms with Crippen LogP contribution in [0.2, 0.25) is 0 Å². The highest BCUT2D eigenvalue weighted by molar-refractivity contribution is 9.10.